The van der Waals surface area contributed by atoms with Crippen molar-refractivity contribution in [1.82, 2.24) is 9.97 Å². The minimum Gasteiger partial charge on any atom is -0.493 e. The molecule has 178 valence electrons. The molecule has 0 unspecified atom stereocenters. The van der Waals surface area contributed by atoms with Crippen LogP contribution in [0.25, 0.3) is 0 Å². The first kappa shape index (κ1) is 23.6. The smallest absolute Gasteiger partial charge is 0.255 e. The van der Waals surface area contributed by atoms with Crippen LogP contribution in [0.15, 0.2) is 72.8 Å². The van der Waals surface area contributed by atoms with Gasteiger partial charge in [-0.3, -0.25) is 4.79 Å². The van der Waals surface area contributed by atoms with E-state index in [1.165, 1.54) is 12.7 Å². The van der Waals surface area contributed by atoms with E-state index in [-0.39, 0.29) is 5.91 Å². The van der Waals surface area contributed by atoms with E-state index in [4.69, 9.17) is 9.47 Å². The van der Waals surface area contributed by atoms with Gasteiger partial charge in [0.1, 0.15) is 5.82 Å². The van der Waals surface area contributed by atoms with Crippen LogP contribution >= 0.6 is 0 Å². The van der Waals surface area contributed by atoms with Crippen LogP contribution in [0.3, 0.4) is 0 Å². The van der Waals surface area contributed by atoms with Gasteiger partial charge in [-0.2, -0.15) is 4.98 Å². The Balaban J connectivity index is 1.42. The van der Waals surface area contributed by atoms with Gasteiger partial charge >= 0.3 is 0 Å². The predicted octanol–water partition coefficient (Wildman–Crippen LogP) is 5.85. The zero-order chi connectivity index (χ0) is 24.8. The molecule has 0 aliphatic carbocycles. The molecule has 0 aliphatic heterocycles. The summed E-state index contributed by atoms with van der Waals surface area (Å²) in [5, 5.41) is 9.41. The Labute approximate surface area is 204 Å². The van der Waals surface area contributed by atoms with E-state index in [2.05, 4.69) is 25.9 Å². The lowest BCUT2D eigenvalue weighted by Crippen LogP contribution is -2.12. The predicted molar refractivity (Wildman–Crippen MR) is 138 cm³/mol. The van der Waals surface area contributed by atoms with E-state index in [0.29, 0.717) is 34.5 Å². The molecular weight excluding hydrogens is 442 g/mol. The van der Waals surface area contributed by atoms with Crippen LogP contribution in [0.2, 0.25) is 0 Å². The highest BCUT2D eigenvalue weighted by atomic mass is 16.5. The molecule has 0 bridgehead atoms. The zero-order valence-electron chi connectivity index (χ0n) is 20.0. The fraction of sp³-hybridized carbons (Fsp3) is 0.148. The Morgan fingerprint density at radius 3 is 2.03 bits per heavy atom. The Kier molecular flexibility index (Phi) is 7.11. The van der Waals surface area contributed by atoms with Gasteiger partial charge in [-0.25, -0.2) is 4.98 Å². The molecule has 8 heteroatoms. The number of carbonyl (C=O) groups is 1. The van der Waals surface area contributed by atoms with Crippen molar-refractivity contribution in [3.05, 3.63) is 89.6 Å². The van der Waals surface area contributed by atoms with Gasteiger partial charge in [0.2, 0.25) is 5.95 Å². The van der Waals surface area contributed by atoms with Crippen molar-refractivity contribution in [1.29, 1.82) is 0 Å². The lowest BCUT2D eigenvalue weighted by Gasteiger charge is -2.12. The van der Waals surface area contributed by atoms with Gasteiger partial charge in [-0.1, -0.05) is 17.7 Å². The Hall–Kier alpha value is -4.59. The van der Waals surface area contributed by atoms with Crippen LogP contribution in [0.4, 0.5) is 28.8 Å². The van der Waals surface area contributed by atoms with Crippen molar-refractivity contribution >= 4 is 34.7 Å². The summed E-state index contributed by atoms with van der Waals surface area (Å²) in [6, 6.07) is 22.3. The Morgan fingerprint density at radius 2 is 1.34 bits per heavy atom. The fourth-order valence-electron chi connectivity index (χ4n) is 3.42. The van der Waals surface area contributed by atoms with Crippen LogP contribution in [0.5, 0.6) is 11.5 Å². The van der Waals surface area contributed by atoms with E-state index < -0.39 is 0 Å². The third kappa shape index (κ3) is 6.05. The maximum absolute atomic E-state index is 12.7. The number of benzene rings is 3. The molecule has 1 amide bonds. The molecule has 4 rings (SSSR count). The molecule has 0 aliphatic rings. The normalized spacial score (nSPS) is 10.4. The molecule has 0 spiro atoms. The second kappa shape index (κ2) is 10.6. The first-order valence-corrected chi connectivity index (χ1v) is 11.0. The second-order valence-electron chi connectivity index (χ2n) is 7.94. The average Bonchev–Trinajstić information content (AvgIpc) is 2.86. The van der Waals surface area contributed by atoms with Crippen LogP contribution in [0.1, 0.15) is 21.6 Å². The van der Waals surface area contributed by atoms with Crippen molar-refractivity contribution < 1.29 is 14.3 Å². The van der Waals surface area contributed by atoms with Crippen molar-refractivity contribution in [3.8, 4) is 11.5 Å². The molecule has 0 atom stereocenters. The first-order valence-electron chi connectivity index (χ1n) is 11.0. The number of anilines is 5. The first-order chi connectivity index (χ1) is 16.9. The van der Waals surface area contributed by atoms with Crippen molar-refractivity contribution in [2.24, 2.45) is 0 Å². The summed E-state index contributed by atoms with van der Waals surface area (Å²) in [7, 11) is 3.09. The summed E-state index contributed by atoms with van der Waals surface area (Å²) in [5.41, 5.74) is 4.89. The van der Waals surface area contributed by atoms with Gasteiger partial charge < -0.3 is 25.4 Å². The molecule has 1 aromatic heterocycles. The highest BCUT2D eigenvalue weighted by molar-refractivity contribution is 6.04. The van der Waals surface area contributed by atoms with Crippen molar-refractivity contribution in [2.45, 2.75) is 13.8 Å². The van der Waals surface area contributed by atoms with Crippen LogP contribution in [0, 0.1) is 13.8 Å². The molecule has 0 radical (unpaired) electrons. The third-order valence-electron chi connectivity index (χ3n) is 5.22. The zero-order valence-corrected chi connectivity index (χ0v) is 20.0. The summed E-state index contributed by atoms with van der Waals surface area (Å²) >= 11 is 0. The monoisotopic (exact) mass is 469 g/mol. The fourth-order valence-corrected chi connectivity index (χ4v) is 3.42. The number of rotatable bonds is 8. The molecule has 0 saturated carbocycles. The number of methoxy groups -OCH3 is 2. The minimum atomic E-state index is -0.245. The number of ether oxygens (including phenoxy) is 2. The molecule has 3 N–H and O–H groups in total. The Morgan fingerprint density at radius 1 is 0.714 bits per heavy atom. The largest absolute Gasteiger partial charge is 0.493 e. The van der Waals surface area contributed by atoms with Gasteiger partial charge in [-0.15, -0.1) is 0 Å². The summed E-state index contributed by atoms with van der Waals surface area (Å²) in [5.74, 6) is 1.99. The molecule has 0 saturated heterocycles. The number of hydrogen-bond acceptors (Lipinski definition) is 7. The lowest BCUT2D eigenvalue weighted by molar-refractivity contribution is 0.102. The molecular formula is C27H27N5O3. The van der Waals surface area contributed by atoms with E-state index in [9.17, 15) is 4.79 Å². The quantitative estimate of drug-likeness (QED) is 0.298. The van der Waals surface area contributed by atoms with E-state index in [1.807, 2.05) is 68.4 Å². The van der Waals surface area contributed by atoms with Crippen molar-refractivity contribution in [2.75, 3.05) is 30.2 Å². The van der Waals surface area contributed by atoms with Gasteiger partial charge in [0.15, 0.2) is 11.5 Å². The number of aromatic nitrogens is 2. The minimum absolute atomic E-state index is 0.245. The third-order valence-corrected chi connectivity index (χ3v) is 5.22. The maximum Gasteiger partial charge on any atom is 0.255 e. The summed E-state index contributed by atoms with van der Waals surface area (Å²) < 4.78 is 10.5. The summed E-state index contributed by atoms with van der Waals surface area (Å²) in [4.78, 5) is 21.7. The number of amides is 1. The van der Waals surface area contributed by atoms with Crippen molar-refractivity contribution in [3.63, 3.8) is 0 Å². The lowest BCUT2D eigenvalue weighted by atomic mass is 10.1. The van der Waals surface area contributed by atoms with Gasteiger partial charge in [-0.05, 0) is 68.4 Å². The molecule has 0 fully saturated rings. The summed E-state index contributed by atoms with van der Waals surface area (Å²) in [6.07, 6.45) is 0. The van der Waals surface area contributed by atoms with E-state index >= 15 is 0 Å². The number of carbonyl (C=O) groups excluding carboxylic acids is 1. The SMILES string of the molecule is COc1ccc(C(=O)Nc2ccc(Nc3cc(C)nc(Nc4ccc(C)cc4)n3)cc2)cc1OC. The van der Waals surface area contributed by atoms with Gasteiger partial charge in [0.25, 0.3) is 5.91 Å². The topological polar surface area (TPSA) is 97.4 Å². The number of aryl methyl sites for hydroxylation is 2. The molecule has 4 aromatic rings. The van der Waals surface area contributed by atoms with Gasteiger partial charge in [0.05, 0.1) is 14.2 Å². The van der Waals surface area contributed by atoms with Gasteiger partial charge in [0, 0.05) is 34.4 Å². The second-order valence-corrected chi connectivity index (χ2v) is 7.94. The molecule has 1 heterocycles. The summed E-state index contributed by atoms with van der Waals surface area (Å²) in [6.45, 7) is 3.96. The number of hydrogen-bond donors (Lipinski definition) is 3. The van der Waals surface area contributed by atoms with E-state index in [0.717, 1.165) is 17.1 Å². The Bertz CT molecular complexity index is 1320. The van der Waals surface area contributed by atoms with Crippen LogP contribution < -0.4 is 25.4 Å². The average molecular weight is 470 g/mol. The molecule has 8 nitrogen and oxygen atoms in total. The highest BCUT2D eigenvalue weighted by Gasteiger charge is 2.11. The van der Waals surface area contributed by atoms with Crippen LogP contribution in [-0.2, 0) is 0 Å². The number of nitrogens with zero attached hydrogens (tertiary/aromatic N) is 2. The molecule has 35 heavy (non-hydrogen) atoms. The highest BCUT2D eigenvalue weighted by Crippen LogP contribution is 2.28. The maximum atomic E-state index is 12.7. The van der Waals surface area contributed by atoms with E-state index in [1.54, 1.807) is 25.3 Å². The van der Waals surface area contributed by atoms with Crippen LogP contribution in [-0.4, -0.2) is 30.1 Å². The molecule has 3 aromatic carbocycles. The number of nitrogens with one attached hydrogen (secondary N) is 3. The standard InChI is InChI=1S/C27H27N5O3/c1-17-5-8-22(9-6-17)31-27-28-18(2)15-25(32-27)29-20-10-12-21(13-11-20)30-26(33)19-7-14-23(34-3)24(16-19)35-4/h5-16H,1-4H3,(H,30,33)(H2,28,29,31,32).